The first-order valence-corrected chi connectivity index (χ1v) is 6.62. The van der Waals surface area contributed by atoms with E-state index in [0.29, 0.717) is 0 Å². The third-order valence-electron chi connectivity index (χ3n) is 4.16. The number of hydrogen-bond donors (Lipinski definition) is 1. The molecule has 0 aromatic heterocycles. The zero-order chi connectivity index (χ0) is 13.3. The molecule has 1 aliphatic carbocycles. The van der Waals surface area contributed by atoms with Gasteiger partial charge >= 0.3 is 5.97 Å². The van der Waals surface area contributed by atoms with Crippen molar-refractivity contribution in [3.8, 4) is 11.1 Å². The van der Waals surface area contributed by atoms with Gasteiger partial charge in [0.15, 0.2) is 0 Å². The Morgan fingerprint density at radius 3 is 1.95 bits per heavy atom. The van der Waals surface area contributed by atoms with Crippen LogP contribution in [0.3, 0.4) is 0 Å². The van der Waals surface area contributed by atoms with E-state index in [1.165, 1.54) is 0 Å². The Hall–Kier alpha value is -2.09. The van der Waals surface area contributed by atoms with E-state index in [4.69, 9.17) is 0 Å². The van der Waals surface area contributed by atoms with Gasteiger partial charge in [0.2, 0.25) is 0 Å². The second-order valence-corrected chi connectivity index (χ2v) is 5.18. The minimum Gasteiger partial charge on any atom is -0.481 e. The highest BCUT2D eigenvalue weighted by molar-refractivity contribution is 5.83. The number of carboxylic acids is 1. The minimum absolute atomic E-state index is 0.630. The van der Waals surface area contributed by atoms with E-state index in [-0.39, 0.29) is 0 Å². The molecule has 0 unspecified atom stereocenters. The molecule has 19 heavy (non-hydrogen) atoms. The van der Waals surface area contributed by atoms with Crippen molar-refractivity contribution in [1.29, 1.82) is 0 Å². The Balaban J connectivity index is 1.93. The fraction of sp³-hybridized carbons (Fsp3) is 0.235. The fourth-order valence-electron chi connectivity index (χ4n) is 2.77. The van der Waals surface area contributed by atoms with Crippen LogP contribution in [-0.4, -0.2) is 11.1 Å². The van der Waals surface area contributed by atoms with Gasteiger partial charge in [0, 0.05) is 0 Å². The van der Waals surface area contributed by atoms with E-state index in [2.05, 4.69) is 12.1 Å². The molecule has 2 aromatic rings. The van der Waals surface area contributed by atoms with Crippen molar-refractivity contribution in [2.24, 2.45) is 0 Å². The van der Waals surface area contributed by atoms with Crippen molar-refractivity contribution in [2.75, 3.05) is 0 Å². The van der Waals surface area contributed by atoms with Gasteiger partial charge in [-0.05, 0) is 29.5 Å². The largest absolute Gasteiger partial charge is 0.481 e. The van der Waals surface area contributed by atoms with Crippen molar-refractivity contribution in [3.05, 3.63) is 60.2 Å². The summed E-state index contributed by atoms with van der Waals surface area (Å²) in [5.74, 6) is -0.689. The number of carboxylic acid groups (broad SMARTS) is 1. The first-order chi connectivity index (χ1) is 9.22. The average Bonchev–Trinajstić information content (AvgIpc) is 2.39. The summed E-state index contributed by atoms with van der Waals surface area (Å²) in [7, 11) is 0. The summed E-state index contributed by atoms with van der Waals surface area (Å²) < 4.78 is 0. The Morgan fingerprint density at radius 2 is 1.47 bits per heavy atom. The lowest BCUT2D eigenvalue weighted by Gasteiger charge is -2.38. The highest BCUT2D eigenvalue weighted by Gasteiger charge is 2.45. The lowest BCUT2D eigenvalue weighted by molar-refractivity contribution is -0.147. The van der Waals surface area contributed by atoms with Crippen molar-refractivity contribution in [2.45, 2.75) is 24.7 Å². The van der Waals surface area contributed by atoms with E-state index < -0.39 is 11.4 Å². The predicted molar refractivity (Wildman–Crippen MR) is 75.0 cm³/mol. The standard InChI is InChI=1S/C17H16O2/c18-16(19)17(11-4-12-17)15-9-7-14(8-10-15)13-5-2-1-3-6-13/h1-3,5-10H,4,11-12H2,(H,18,19). The number of hydrogen-bond acceptors (Lipinski definition) is 1. The summed E-state index contributed by atoms with van der Waals surface area (Å²) in [6.07, 6.45) is 2.52. The molecule has 3 rings (SSSR count). The Morgan fingerprint density at radius 1 is 0.895 bits per heavy atom. The second kappa shape index (κ2) is 4.54. The monoisotopic (exact) mass is 252 g/mol. The molecule has 96 valence electrons. The van der Waals surface area contributed by atoms with Crippen LogP contribution in [0.15, 0.2) is 54.6 Å². The zero-order valence-electron chi connectivity index (χ0n) is 10.7. The third kappa shape index (κ3) is 1.93. The van der Waals surface area contributed by atoms with Crippen LogP contribution in [0.1, 0.15) is 24.8 Å². The van der Waals surface area contributed by atoms with E-state index in [1.54, 1.807) is 0 Å². The molecule has 0 saturated heterocycles. The number of aliphatic carboxylic acids is 1. The van der Waals surface area contributed by atoms with Gasteiger partial charge in [-0.1, -0.05) is 61.0 Å². The van der Waals surface area contributed by atoms with Gasteiger partial charge in [0.1, 0.15) is 0 Å². The SMILES string of the molecule is O=C(O)C1(c2ccc(-c3ccccc3)cc2)CCC1. The summed E-state index contributed by atoms with van der Waals surface area (Å²) in [6.45, 7) is 0. The lowest BCUT2D eigenvalue weighted by Crippen LogP contribution is -2.42. The predicted octanol–water partition coefficient (Wildman–Crippen LogP) is 3.86. The highest BCUT2D eigenvalue weighted by Crippen LogP contribution is 2.44. The molecule has 1 fully saturated rings. The summed E-state index contributed by atoms with van der Waals surface area (Å²) in [6, 6.07) is 18.1. The minimum atomic E-state index is -0.689. The molecule has 0 spiro atoms. The molecule has 2 aromatic carbocycles. The van der Waals surface area contributed by atoms with Gasteiger partial charge in [0.05, 0.1) is 5.41 Å². The van der Waals surface area contributed by atoms with Crippen LogP contribution in [0.5, 0.6) is 0 Å². The normalized spacial score (nSPS) is 16.6. The smallest absolute Gasteiger partial charge is 0.314 e. The summed E-state index contributed by atoms with van der Waals surface area (Å²) in [4.78, 5) is 11.5. The molecule has 2 nitrogen and oxygen atoms in total. The zero-order valence-corrected chi connectivity index (χ0v) is 10.7. The summed E-state index contributed by atoms with van der Waals surface area (Å²) in [5, 5.41) is 9.42. The first kappa shape index (κ1) is 12.0. The lowest BCUT2D eigenvalue weighted by atomic mass is 9.64. The van der Waals surface area contributed by atoms with Gasteiger partial charge in [0.25, 0.3) is 0 Å². The average molecular weight is 252 g/mol. The van der Waals surface area contributed by atoms with Gasteiger partial charge in [-0.2, -0.15) is 0 Å². The fourth-order valence-corrected chi connectivity index (χ4v) is 2.77. The van der Waals surface area contributed by atoms with Crippen LogP contribution < -0.4 is 0 Å². The van der Waals surface area contributed by atoms with E-state index in [1.807, 2.05) is 42.5 Å². The molecule has 0 radical (unpaired) electrons. The molecule has 0 bridgehead atoms. The molecule has 1 N–H and O–H groups in total. The Kier molecular flexibility index (Phi) is 2.86. The van der Waals surface area contributed by atoms with E-state index in [9.17, 15) is 9.90 Å². The molecule has 0 heterocycles. The third-order valence-corrected chi connectivity index (χ3v) is 4.16. The van der Waals surface area contributed by atoms with Gasteiger partial charge in [-0.3, -0.25) is 4.79 Å². The first-order valence-electron chi connectivity index (χ1n) is 6.62. The molecular formula is C17H16O2. The number of carbonyl (C=O) groups is 1. The summed E-state index contributed by atoms with van der Waals surface area (Å²) in [5.41, 5.74) is 2.59. The molecule has 2 heteroatoms. The molecule has 1 saturated carbocycles. The van der Waals surface area contributed by atoms with Crippen LogP contribution in [-0.2, 0) is 10.2 Å². The van der Waals surface area contributed by atoms with E-state index in [0.717, 1.165) is 36.0 Å². The van der Waals surface area contributed by atoms with Crippen LogP contribution in [0, 0.1) is 0 Å². The van der Waals surface area contributed by atoms with Crippen LogP contribution in [0.2, 0.25) is 0 Å². The number of benzene rings is 2. The maximum Gasteiger partial charge on any atom is 0.314 e. The molecule has 0 atom stereocenters. The highest BCUT2D eigenvalue weighted by atomic mass is 16.4. The molecule has 0 amide bonds. The maximum absolute atomic E-state index is 11.5. The van der Waals surface area contributed by atoms with Crippen molar-refractivity contribution in [1.82, 2.24) is 0 Å². The van der Waals surface area contributed by atoms with E-state index >= 15 is 0 Å². The van der Waals surface area contributed by atoms with Crippen LogP contribution in [0.25, 0.3) is 11.1 Å². The number of rotatable bonds is 3. The quantitative estimate of drug-likeness (QED) is 0.900. The molecular weight excluding hydrogens is 236 g/mol. The van der Waals surface area contributed by atoms with Gasteiger partial charge in [-0.25, -0.2) is 0 Å². The van der Waals surface area contributed by atoms with Crippen molar-refractivity contribution < 1.29 is 9.90 Å². The Labute approximate surface area is 112 Å². The molecule has 1 aliphatic rings. The topological polar surface area (TPSA) is 37.3 Å². The van der Waals surface area contributed by atoms with Crippen LogP contribution >= 0.6 is 0 Å². The maximum atomic E-state index is 11.5. The second-order valence-electron chi connectivity index (χ2n) is 5.18. The Bertz CT molecular complexity index is 580. The van der Waals surface area contributed by atoms with Crippen molar-refractivity contribution >= 4 is 5.97 Å². The van der Waals surface area contributed by atoms with Crippen LogP contribution in [0.4, 0.5) is 0 Å². The van der Waals surface area contributed by atoms with Gasteiger partial charge in [-0.15, -0.1) is 0 Å². The van der Waals surface area contributed by atoms with Crippen molar-refractivity contribution in [3.63, 3.8) is 0 Å². The molecule has 0 aliphatic heterocycles. The van der Waals surface area contributed by atoms with Gasteiger partial charge < -0.3 is 5.11 Å². The summed E-state index contributed by atoms with van der Waals surface area (Å²) >= 11 is 0.